The van der Waals surface area contributed by atoms with Crippen molar-refractivity contribution in [2.75, 3.05) is 0 Å². The van der Waals surface area contributed by atoms with E-state index in [4.69, 9.17) is 0 Å². The molecule has 0 radical (unpaired) electrons. The summed E-state index contributed by atoms with van der Waals surface area (Å²) in [6, 6.07) is 6.68. The van der Waals surface area contributed by atoms with Crippen LogP contribution in [0, 0.1) is 46.5 Å². The lowest BCUT2D eigenvalue weighted by molar-refractivity contribution is 0.469. The highest BCUT2D eigenvalue weighted by atomic mass is 32.2. The molecule has 0 atom stereocenters. The van der Waals surface area contributed by atoms with Crippen LogP contribution in [0.1, 0.15) is 22.8 Å². The van der Waals surface area contributed by atoms with Gasteiger partial charge in [-0.15, -0.1) is 0 Å². The molecule has 9 rings (SSSR count). The first kappa shape index (κ1) is 49.5. The van der Waals surface area contributed by atoms with Crippen LogP contribution in [0.25, 0.3) is 90.9 Å². The van der Waals surface area contributed by atoms with Crippen molar-refractivity contribution < 1.29 is 87.0 Å². The molecule has 7 aromatic rings. The van der Waals surface area contributed by atoms with E-state index in [1.54, 1.807) is 0 Å². The highest BCUT2D eigenvalue weighted by Gasteiger charge is 2.32. The van der Waals surface area contributed by atoms with Crippen LogP contribution in [0.15, 0.2) is 92.4 Å². The zero-order valence-corrected chi connectivity index (χ0v) is 38.1. The lowest BCUT2D eigenvalue weighted by Crippen LogP contribution is -2.06. The molecule has 6 N–H and O–H groups in total. The summed E-state index contributed by atoms with van der Waals surface area (Å²) in [7, 11) is -22.0. The predicted molar refractivity (Wildman–Crippen MR) is 240 cm³/mol. The summed E-state index contributed by atoms with van der Waals surface area (Å²) in [4.78, 5) is 7.77. The minimum Gasteiger partial charge on any atom is -0.354 e. The van der Waals surface area contributed by atoms with Gasteiger partial charge >= 0.3 is 0 Å². The first-order valence-electron chi connectivity index (χ1n) is 19.6. The Balaban J connectivity index is 1.59. The van der Waals surface area contributed by atoms with Gasteiger partial charge in [-0.05, 0) is 97.1 Å². The van der Waals surface area contributed by atoms with Crippen LogP contribution in [-0.2, 0) is 40.5 Å². The van der Waals surface area contributed by atoms with Gasteiger partial charge in [-0.1, -0.05) is 0 Å². The van der Waals surface area contributed by atoms with Gasteiger partial charge < -0.3 is 9.97 Å². The van der Waals surface area contributed by atoms with E-state index >= 15 is 35.1 Å². The summed E-state index contributed by atoms with van der Waals surface area (Å²) in [6.07, 6.45) is 3.62. The van der Waals surface area contributed by atoms with Gasteiger partial charge in [0.05, 0.1) is 45.0 Å². The van der Waals surface area contributed by atoms with Gasteiger partial charge in [-0.25, -0.2) is 45.1 Å². The fraction of sp³-hybridized carbons (Fsp3) is 0. The molecule has 0 spiro atoms. The van der Waals surface area contributed by atoms with Crippen molar-refractivity contribution in [3.05, 3.63) is 142 Å². The van der Waals surface area contributed by atoms with Crippen LogP contribution >= 0.6 is 0 Å². The normalized spacial score (nSPS) is 13.1. The van der Waals surface area contributed by atoms with Gasteiger partial charge in [0.25, 0.3) is 40.5 Å². The van der Waals surface area contributed by atoms with Crippen LogP contribution in [0.2, 0.25) is 0 Å². The van der Waals surface area contributed by atoms with E-state index in [1.165, 1.54) is 0 Å². The zero-order chi connectivity index (χ0) is 52.3. The van der Waals surface area contributed by atoms with Gasteiger partial charge in [0, 0.05) is 44.3 Å². The maximum absolute atomic E-state index is 16.5. The van der Waals surface area contributed by atoms with E-state index in [1.807, 2.05) is 0 Å². The molecule has 28 heteroatoms. The van der Waals surface area contributed by atoms with E-state index < -0.39 is 196 Å². The quantitative estimate of drug-likeness (QED) is 0.0611. The highest BCUT2D eigenvalue weighted by molar-refractivity contribution is 7.86. The number of hydrogen-bond donors (Lipinski definition) is 6. The van der Waals surface area contributed by atoms with Crippen LogP contribution < -0.4 is 0 Å². The Labute approximate surface area is 398 Å². The van der Waals surface area contributed by atoms with E-state index in [-0.39, 0.29) is 0 Å². The van der Waals surface area contributed by atoms with Gasteiger partial charge in [0.1, 0.15) is 42.9 Å². The molecule has 5 heterocycles. The molecule has 16 nitrogen and oxygen atoms in total. The average Bonchev–Trinajstić information content (AvgIpc) is 4.11. The molecule has 72 heavy (non-hydrogen) atoms. The third-order valence-electron chi connectivity index (χ3n) is 11.1. The second kappa shape index (κ2) is 17.1. The van der Waals surface area contributed by atoms with Crippen LogP contribution in [0.3, 0.4) is 0 Å². The number of benzene rings is 4. The van der Waals surface area contributed by atoms with Gasteiger partial charge in [0.15, 0.2) is 23.3 Å². The Hall–Kier alpha value is -7.44. The highest BCUT2D eigenvalue weighted by Crippen LogP contribution is 2.44. The molecule has 0 aliphatic carbocycles. The topological polar surface area (TPSA) is 275 Å². The monoisotopic (exact) mass is 1080 g/mol. The number of rotatable bonds is 8. The van der Waals surface area contributed by atoms with Crippen molar-refractivity contribution in [1.82, 2.24) is 19.9 Å². The second-order valence-electron chi connectivity index (χ2n) is 15.3. The van der Waals surface area contributed by atoms with Crippen molar-refractivity contribution in [2.45, 2.75) is 19.6 Å². The van der Waals surface area contributed by atoms with Crippen LogP contribution in [-0.4, -0.2) is 71.8 Å². The van der Waals surface area contributed by atoms with Crippen molar-refractivity contribution in [1.29, 1.82) is 0 Å². The minimum absolute atomic E-state index is 0.340. The molecular weight excluding hydrogens is 1060 g/mol. The Morgan fingerprint density at radius 2 is 0.500 bits per heavy atom. The van der Waals surface area contributed by atoms with Gasteiger partial charge in [-0.2, -0.15) is 33.7 Å². The number of halogens is 8. The molecule has 370 valence electrons. The number of nitrogens with one attached hydrogen (secondary N) is 2. The number of nitrogens with zero attached hydrogens (tertiary/aromatic N) is 2. The number of aromatic amines is 2. The summed E-state index contributed by atoms with van der Waals surface area (Å²) in [5.41, 5.74) is -13.6. The van der Waals surface area contributed by atoms with Crippen LogP contribution in [0.4, 0.5) is 35.1 Å². The molecule has 8 bridgehead atoms. The molecule has 3 aromatic heterocycles. The summed E-state index contributed by atoms with van der Waals surface area (Å²) in [6.45, 7) is 0. The Morgan fingerprint density at radius 3 is 0.681 bits per heavy atom. The van der Waals surface area contributed by atoms with Crippen molar-refractivity contribution in [2.24, 2.45) is 0 Å². The molecule has 0 amide bonds. The lowest BCUT2D eigenvalue weighted by Gasteiger charge is -2.12. The van der Waals surface area contributed by atoms with E-state index in [2.05, 4.69) is 19.9 Å². The largest absolute Gasteiger partial charge is 0.354 e. The Morgan fingerprint density at radius 1 is 0.306 bits per heavy atom. The molecule has 0 unspecified atom stereocenters. The fourth-order valence-corrected chi connectivity index (χ4v) is 10.4. The summed E-state index contributed by atoms with van der Waals surface area (Å²) >= 11 is 0. The van der Waals surface area contributed by atoms with E-state index in [0.29, 0.717) is 48.5 Å². The Bertz CT molecular complexity index is 3790. The van der Waals surface area contributed by atoms with Gasteiger partial charge in [0.2, 0.25) is 0 Å². The minimum atomic E-state index is -5.51. The first-order chi connectivity index (χ1) is 33.6. The fourth-order valence-electron chi connectivity index (χ4n) is 8.10. The van der Waals surface area contributed by atoms with Crippen molar-refractivity contribution >= 4 is 86.8 Å². The number of hydrogen-bond acceptors (Lipinski definition) is 10. The lowest BCUT2D eigenvalue weighted by atomic mass is 10.0. The maximum Gasteiger partial charge on any atom is 0.297 e. The summed E-state index contributed by atoms with van der Waals surface area (Å²) in [5, 5.41) is 0. The summed E-state index contributed by atoms with van der Waals surface area (Å²) in [5.74, 6) is -14.2. The average molecular weight is 1080 g/mol. The first-order valence-corrected chi connectivity index (χ1v) is 25.3. The van der Waals surface area contributed by atoms with Crippen molar-refractivity contribution in [3.8, 4) is 44.5 Å². The maximum atomic E-state index is 16.5. The van der Waals surface area contributed by atoms with E-state index in [0.717, 1.165) is 48.6 Å². The second-order valence-corrected chi connectivity index (χ2v) is 20.9. The standard InChI is InChI=1S/C44H22F8N4O12S4/c45-17-1-13-29(69(57,58)59)41(49)33(17)37-21-5-7-23(53-21)38(34-18(46)2-14-30(42(34)50)70(60,61)62)25-9-11-27(55-25)40(36-20(48)4-16-32(44(36)52)72(66,67)68)28-12-10-26(56-28)39(24-8-6-22(37)54-24)35-19(47)3-15-31(43(35)51)71(63,64)65/h1-16,53,56H,(H,57,58,59)(H,60,61,62)(H,63,64,65)(H,66,67,68). The predicted octanol–water partition coefficient (Wildman–Crippen LogP) is 9.42. The molecule has 0 fully saturated rings. The molecule has 4 aromatic carbocycles. The molecule has 2 aliphatic heterocycles. The Kier molecular flexibility index (Phi) is 11.8. The van der Waals surface area contributed by atoms with E-state index in [9.17, 15) is 51.9 Å². The number of H-pyrrole nitrogens is 2. The number of aromatic nitrogens is 4. The molecule has 2 aliphatic rings. The third-order valence-corrected chi connectivity index (χ3v) is 14.6. The number of fused-ring (bicyclic) bond motifs is 8. The van der Waals surface area contributed by atoms with Gasteiger partial charge in [-0.3, -0.25) is 18.2 Å². The molecule has 0 saturated carbocycles. The third kappa shape index (κ3) is 8.34. The van der Waals surface area contributed by atoms with Crippen molar-refractivity contribution in [3.63, 3.8) is 0 Å². The summed E-state index contributed by atoms with van der Waals surface area (Å²) < 4.78 is 269. The van der Waals surface area contributed by atoms with Crippen LogP contribution in [0.5, 0.6) is 0 Å². The molecule has 0 saturated heterocycles. The smallest absolute Gasteiger partial charge is 0.297 e. The molecular formula is C44H22F8N4O12S4. The SMILES string of the molecule is O=S(=O)(O)c1ccc(F)c(-c2c3nc(c(-c4c(F)ccc(S(=O)(=O)O)c4F)c4ccc([nH]4)c(-c4c(F)ccc(S(=O)(=O)O)c4F)c4nc(c(-c5c(F)ccc(S(=O)(=O)O)c5F)c5ccc2[nH]5)C=C4)C=C3)c1F. The zero-order valence-electron chi connectivity index (χ0n) is 34.8.